The van der Waals surface area contributed by atoms with Crippen LogP contribution in [-0.2, 0) is 31.4 Å². The van der Waals surface area contributed by atoms with Crippen molar-refractivity contribution < 1.29 is 23.5 Å². The molecule has 218 valence electrons. The minimum absolute atomic E-state index is 0.108. The molecule has 3 aromatic carbocycles. The highest BCUT2D eigenvalue weighted by Gasteiger charge is 2.37. The molecule has 1 N–H and O–H groups in total. The first-order valence-corrected chi connectivity index (χ1v) is 16.1. The van der Waals surface area contributed by atoms with Crippen LogP contribution in [-0.4, -0.2) is 42.1 Å². The van der Waals surface area contributed by atoms with E-state index >= 15 is 0 Å². The zero-order valence-corrected chi connectivity index (χ0v) is 24.5. The number of aromatic nitrogens is 2. The van der Waals surface area contributed by atoms with Gasteiger partial charge in [0.1, 0.15) is 25.5 Å². The van der Waals surface area contributed by atoms with Crippen LogP contribution in [0.25, 0.3) is 33.7 Å². The largest absolute Gasteiger partial charge is 0.779 e. The number of rotatable bonds is 5. The maximum absolute atomic E-state index is 12.8. The Bertz CT molecular complexity index is 2110. The van der Waals surface area contributed by atoms with E-state index in [0.717, 1.165) is 30.6 Å². The summed E-state index contributed by atoms with van der Waals surface area (Å²) in [5.74, 6) is 6.20. The summed E-state index contributed by atoms with van der Waals surface area (Å²) < 4.78 is 29.1. The van der Waals surface area contributed by atoms with E-state index < -0.39 is 37.3 Å². The highest BCUT2D eigenvalue weighted by atomic mass is 31.2. The number of nitrogens with zero attached hydrogens (tertiary/aromatic N) is 1. The second kappa shape index (κ2) is 10.6. The second-order valence-electron chi connectivity index (χ2n) is 11.1. The highest BCUT2D eigenvalue weighted by molar-refractivity contribution is 7.50. The Balaban J connectivity index is 1.27. The molecule has 4 aromatic rings. The summed E-state index contributed by atoms with van der Waals surface area (Å²) in [6, 6.07) is 10.6. The number of fused-ring (bicyclic) bond motifs is 2. The molecular weight excluding hydrogens is 567 g/mol. The molecule has 7 rings (SSSR count). The smallest absolute Gasteiger partial charge is 0.330 e. The van der Waals surface area contributed by atoms with Crippen LogP contribution >= 0.6 is 7.60 Å². The van der Waals surface area contributed by atoms with Gasteiger partial charge in [-0.3, -0.25) is 14.3 Å². The molecule has 4 atom stereocenters. The fourth-order valence-electron chi connectivity index (χ4n) is 6.46. The van der Waals surface area contributed by atoms with Gasteiger partial charge in [-0.25, -0.2) is 4.79 Å². The highest BCUT2D eigenvalue weighted by Crippen LogP contribution is 2.42. The molecule has 0 bridgehead atoms. The fraction of sp³-hybridized carbons (Fsp3) is 0.273. The van der Waals surface area contributed by atoms with Gasteiger partial charge in [0, 0.05) is 32.0 Å². The standard InChI is InChI=1S/C33H29N2O7P/c1-40-27-16-29(42-28(27)18-41-43(2,38)39)35-17-21(32(36)34-33(35)37)13-12-19-14-15-26-24-10-4-7-20-6-3-9-23(30(20)24)25-11-5-8-22(19)31(25)26/h3-7,9,11,14-15,17,27-29H,8,10,16,18H2,1-2H3,(H,38,39)(H,34,36,37)/p-1/t27?,28-,29-/m1/s1. The van der Waals surface area contributed by atoms with Crippen LogP contribution in [0, 0.1) is 11.8 Å². The SMILES string of the molecule is COC1C[C@H](n2cc(C#Cc3ccc4c5c6c(cccc6c6c4c3CC=C6)C=CC5)c(=O)[nH]c2=O)O[C@@H]1COP(C)(=O)[O-]. The van der Waals surface area contributed by atoms with Crippen LogP contribution in [0.15, 0.2) is 58.3 Å². The third kappa shape index (κ3) is 4.92. The molecule has 10 heteroatoms. The molecule has 1 fully saturated rings. The van der Waals surface area contributed by atoms with E-state index in [1.54, 1.807) is 0 Å². The molecule has 43 heavy (non-hydrogen) atoms. The van der Waals surface area contributed by atoms with Crippen molar-refractivity contribution in [3.05, 3.63) is 103 Å². The summed E-state index contributed by atoms with van der Waals surface area (Å²) in [7, 11) is -2.50. The van der Waals surface area contributed by atoms with E-state index in [1.165, 1.54) is 56.1 Å². The van der Waals surface area contributed by atoms with Gasteiger partial charge in [-0.15, -0.1) is 0 Å². The lowest BCUT2D eigenvalue weighted by Gasteiger charge is -2.23. The molecule has 0 radical (unpaired) electrons. The predicted octanol–water partition coefficient (Wildman–Crippen LogP) is 3.88. The van der Waals surface area contributed by atoms with Crippen LogP contribution < -0.4 is 16.1 Å². The average molecular weight is 596 g/mol. The van der Waals surface area contributed by atoms with E-state index in [-0.39, 0.29) is 18.6 Å². The van der Waals surface area contributed by atoms with Crippen molar-refractivity contribution in [2.75, 3.05) is 20.4 Å². The van der Waals surface area contributed by atoms with Gasteiger partial charge in [0.2, 0.25) is 0 Å². The van der Waals surface area contributed by atoms with E-state index in [4.69, 9.17) is 14.0 Å². The second-order valence-corrected chi connectivity index (χ2v) is 12.9. The monoisotopic (exact) mass is 595 g/mol. The molecular formula is C33H28N2O7P-. The topological polar surface area (TPSA) is 123 Å². The van der Waals surface area contributed by atoms with E-state index in [2.05, 4.69) is 65.4 Å². The van der Waals surface area contributed by atoms with Crippen molar-refractivity contribution in [2.45, 2.75) is 37.7 Å². The Hall–Kier alpha value is -4.03. The summed E-state index contributed by atoms with van der Waals surface area (Å²) in [6.45, 7) is 0.734. The third-order valence-corrected chi connectivity index (χ3v) is 9.01. The summed E-state index contributed by atoms with van der Waals surface area (Å²) in [5, 5.41) is 4.93. The lowest BCUT2D eigenvalue weighted by molar-refractivity contribution is -0.200. The summed E-state index contributed by atoms with van der Waals surface area (Å²) in [4.78, 5) is 39.4. The van der Waals surface area contributed by atoms with Gasteiger partial charge < -0.3 is 23.5 Å². The molecule has 3 aliphatic rings. The number of hydrogen-bond donors (Lipinski definition) is 1. The Kier molecular flexibility index (Phi) is 6.85. The van der Waals surface area contributed by atoms with E-state index in [1.807, 2.05) is 6.07 Å². The lowest BCUT2D eigenvalue weighted by Crippen LogP contribution is -2.33. The van der Waals surface area contributed by atoms with E-state index in [0.29, 0.717) is 0 Å². The van der Waals surface area contributed by atoms with Gasteiger partial charge in [-0.1, -0.05) is 60.4 Å². The van der Waals surface area contributed by atoms with Crippen LogP contribution in [0.3, 0.4) is 0 Å². The molecule has 9 nitrogen and oxygen atoms in total. The Morgan fingerprint density at radius 2 is 1.84 bits per heavy atom. The van der Waals surface area contributed by atoms with Gasteiger partial charge >= 0.3 is 5.69 Å². The number of nitrogens with one attached hydrogen (secondary N) is 1. The number of hydrogen-bond acceptors (Lipinski definition) is 7. The summed E-state index contributed by atoms with van der Waals surface area (Å²) in [6.07, 6.45) is 9.94. The van der Waals surface area contributed by atoms with Gasteiger partial charge in [-0.2, -0.15) is 0 Å². The molecule has 2 heterocycles. The first-order chi connectivity index (χ1) is 20.7. The first-order valence-electron chi connectivity index (χ1n) is 14.1. The Morgan fingerprint density at radius 3 is 2.65 bits per heavy atom. The lowest BCUT2D eigenvalue weighted by atomic mass is 9.81. The van der Waals surface area contributed by atoms with Gasteiger partial charge in [0.05, 0.1) is 12.7 Å². The van der Waals surface area contributed by atoms with E-state index in [9.17, 15) is 19.0 Å². The van der Waals surface area contributed by atoms with Crippen molar-refractivity contribution in [3.63, 3.8) is 0 Å². The molecule has 1 aromatic heterocycles. The fourth-order valence-corrected chi connectivity index (χ4v) is 6.88. The zero-order valence-electron chi connectivity index (χ0n) is 23.6. The van der Waals surface area contributed by atoms with Crippen molar-refractivity contribution >= 4 is 41.3 Å². The first kappa shape index (κ1) is 27.8. The summed E-state index contributed by atoms with van der Waals surface area (Å²) in [5.41, 5.74) is 4.51. The maximum atomic E-state index is 12.8. The quantitative estimate of drug-likeness (QED) is 0.211. The minimum atomic E-state index is -3.97. The Labute approximate surface area is 246 Å². The van der Waals surface area contributed by atoms with Crippen molar-refractivity contribution in [1.82, 2.24) is 9.55 Å². The molecule has 0 amide bonds. The van der Waals surface area contributed by atoms with Crippen molar-refractivity contribution in [2.24, 2.45) is 0 Å². The molecule has 2 aliphatic carbocycles. The Morgan fingerprint density at radius 1 is 1.05 bits per heavy atom. The number of benzene rings is 3. The van der Waals surface area contributed by atoms with Crippen LogP contribution in [0.4, 0.5) is 0 Å². The third-order valence-electron chi connectivity index (χ3n) is 8.39. The molecule has 0 spiro atoms. The normalized spacial score (nSPS) is 21.6. The van der Waals surface area contributed by atoms with Gasteiger partial charge in [0.25, 0.3) is 5.56 Å². The van der Waals surface area contributed by atoms with Crippen molar-refractivity contribution in [1.29, 1.82) is 0 Å². The number of methoxy groups -OCH3 is 1. The average Bonchev–Trinajstić information content (AvgIpc) is 3.41. The number of H-pyrrole nitrogens is 1. The van der Waals surface area contributed by atoms with Crippen LogP contribution in [0.1, 0.15) is 46.0 Å². The molecule has 1 saturated heterocycles. The van der Waals surface area contributed by atoms with Gasteiger partial charge in [0.15, 0.2) is 0 Å². The van der Waals surface area contributed by atoms with Gasteiger partial charge in [-0.05, 0) is 62.7 Å². The molecule has 2 unspecified atom stereocenters. The number of aromatic amines is 1. The predicted molar refractivity (Wildman–Crippen MR) is 163 cm³/mol. The minimum Gasteiger partial charge on any atom is -0.779 e. The summed E-state index contributed by atoms with van der Waals surface area (Å²) >= 11 is 0. The van der Waals surface area contributed by atoms with Crippen LogP contribution in [0.5, 0.6) is 0 Å². The molecule has 1 aliphatic heterocycles. The number of ether oxygens (including phenoxy) is 2. The van der Waals surface area contributed by atoms with Crippen LogP contribution in [0.2, 0.25) is 0 Å². The maximum Gasteiger partial charge on any atom is 0.330 e. The number of allylic oxidation sites excluding steroid dienone is 2. The molecule has 0 saturated carbocycles. The van der Waals surface area contributed by atoms with Crippen molar-refractivity contribution in [3.8, 4) is 11.8 Å². The zero-order chi connectivity index (χ0) is 29.9.